The zero-order valence-electron chi connectivity index (χ0n) is 16.7. The van der Waals surface area contributed by atoms with E-state index in [-0.39, 0.29) is 5.54 Å². The summed E-state index contributed by atoms with van der Waals surface area (Å²) in [5.41, 5.74) is 9.86. The first-order valence-electron chi connectivity index (χ1n) is 9.86. The van der Waals surface area contributed by atoms with Crippen molar-refractivity contribution >= 4 is 17.2 Å². The fourth-order valence-electron chi connectivity index (χ4n) is 3.68. The van der Waals surface area contributed by atoms with Crippen LogP contribution in [-0.4, -0.2) is 26.7 Å². The summed E-state index contributed by atoms with van der Waals surface area (Å²) in [6.45, 7) is 6.79. The molecule has 1 aliphatic rings. The molecule has 3 aromatic rings. The Kier molecular flexibility index (Phi) is 5.06. The van der Waals surface area contributed by atoms with E-state index in [0.29, 0.717) is 29.2 Å². The van der Waals surface area contributed by atoms with E-state index in [0.717, 1.165) is 29.0 Å². The maximum Gasteiger partial charge on any atom is 0.155 e. The number of benzene rings is 1. The Hall–Kier alpha value is -2.11. The first kappa shape index (κ1) is 19.2. The summed E-state index contributed by atoms with van der Waals surface area (Å²) in [4.78, 5) is 4.45. The Balaban J connectivity index is 1.54. The summed E-state index contributed by atoms with van der Waals surface area (Å²) in [5.74, 6) is 1.63. The number of nitrogens with zero attached hydrogens (tertiary/aromatic N) is 3. The van der Waals surface area contributed by atoms with Crippen LogP contribution in [0.4, 0.5) is 0 Å². The monoisotopic (exact) mass is 398 g/mol. The third-order valence-electron chi connectivity index (χ3n) is 5.00. The highest BCUT2D eigenvalue weighted by Gasteiger charge is 2.27. The molecule has 0 aliphatic heterocycles. The van der Waals surface area contributed by atoms with Crippen LogP contribution in [0.5, 0.6) is 5.75 Å². The molecule has 1 aromatic carbocycles. The first-order chi connectivity index (χ1) is 13.3. The second kappa shape index (κ2) is 7.37. The molecule has 5 nitrogen and oxygen atoms in total. The van der Waals surface area contributed by atoms with Gasteiger partial charge in [-0.2, -0.15) is 5.10 Å². The van der Waals surface area contributed by atoms with E-state index < -0.39 is 0 Å². The molecule has 1 atom stereocenters. The van der Waals surface area contributed by atoms with Crippen molar-refractivity contribution in [1.82, 2.24) is 14.6 Å². The minimum atomic E-state index is -0.202. The molecular weight excluding hydrogens is 372 g/mol. The lowest BCUT2D eigenvalue weighted by Gasteiger charge is -2.23. The predicted molar refractivity (Wildman–Crippen MR) is 113 cm³/mol. The van der Waals surface area contributed by atoms with Crippen LogP contribution in [0, 0.1) is 5.92 Å². The van der Waals surface area contributed by atoms with E-state index in [9.17, 15) is 0 Å². The first-order valence-corrected chi connectivity index (χ1v) is 10.2. The van der Waals surface area contributed by atoms with Gasteiger partial charge in [0.15, 0.2) is 5.65 Å². The van der Waals surface area contributed by atoms with E-state index in [1.54, 1.807) is 0 Å². The third kappa shape index (κ3) is 4.31. The normalized spacial score (nSPS) is 15.8. The third-order valence-corrected chi connectivity index (χ3v) is 5.29. The lowest BCUT2D eigenvalue weighted by atomic mass is 9.93. The van der Waals surface area contributed by atoms with Crippen molar-refractivity contribution in [3.63, 3.8) is 0 Å². The zero-order valence-corrected chi connectivity index (χ0v) is 17.4. The Morgan fingerprint density at radius 1 is 1.29 bits per heavy atom. The summed E-state index contributed by atoms with van der Waals surface area (Å²) >= 11 is 6.52. The minimum Gasteiger partial charge on any atom is -0.492 e. The number of aromatic nitrogens is 3. The maximum atomic E-state index is 6.52. The quantitative estimate of drug-likeness (QED) is 0.603. The van der Waals surface area contributed by atoms with Crippen molar-refractivity contribution in [1.29, 1.82) is 0 Å². The van der Waals surface area contributed by atoms with Crippen LogP contribution in [0.1, 0.15) is 51.6 Å². The number of hydrogen-bond donors (Lipinski definition) is 1. The van der Waals surface area contributed by atoms with Crippen LogP contribution >= 0.6 is 11.6 Å². The average Bonchev–Trinajstić information content (AvgIpc) is 3.37. The van der Waals surface area contributed by atoms with E-state index >= 15 is 0 Å². The highest BCUT2D eigenvalue weighted by Crippen LogP contribution is 2.40. The van der Waals surface area contributed by atoms with Crippen LogP contribution in [0.3, 0.4) is 0 Å². The van der Waals surface area contributed by atoms with Gasteiger partial charge in [-0.25, -0.2) is 9.50 Å². The van der Waals surface area contributed by atoms with Gasteiger partial charge in [0, 0.05) is 29.3 Å². The van der Waals surface area contributed by atoms with Crippen molar-refractivity contribution in [3.05, 3.63) is 47.2 Å². The number of fused-ring (bicyclic) bond motifs is 1. The molecular formula is C22H27ClN4O. The van der Waals surface area contributed by atoms with Crippen molar-refractivity contribution < 1.29 is 4.74 Å². The van der Waals surface area contributed by atoms with E-state index in [2.05, 4.69) is 18.0 Å². The average molecular weight is 399 g/mol. The van der Waals surface area contributed by atoms with Gasteiger partial charge in [0.1, 0.15) is 5.75 Å². The molecule has 0 radical (unpaired) electrons. The van der Waals surface area contributed by atoms with E-state index in [1.165, 1.54) is 12.8 Å². The number of hydrogen-bond acceptors (Lipinski definition) is 4. The smallest absolute Gasteiger partial charge is 0.155 e. The molecule has 0 amide bonds. The minimum absolute atomic E-state index is 0.202. The predicted octanol–water partition coefficient (Wildman–Crippen LogP) is 5.07. The number of halogens is 1. The number of nitrogens with two attached hydrogens (primary N) is 1. The van der Waals surface area contributed by atoms with Crippen molar-refractivity contribution in [3.8, 4) is 17.0 Å². The molecule has 1 aliphatic carbocycles. The van der Waals surface area contributed by atoms with Gasteiger partial charge in [-0.05, 0) is 63.3 Å². The molecule has 0 spiro atoms. The van der Waals surface area contributed by atoms with E-state index in [4.69, 9.17) is 27.2 Å². The van der Waals surface area contributed by atoms with Gasteiger partial charge < -0.3 is 10.5 Å². The van der Waals surface area contributed by atoms with Crippen LogP contribution in [-0.2, 0) is 0 Å². The van der Waals surface area contributed by atoms with Crippen LogP contribution in [0.25, 0.3) is 16.9 Å². The van der Waals surface area contributed by atoms with Gasteiger partial charge in [-0.15, -0.1) is 0 Å². The molecule has 2 heterocycles. The highest BCUT2D eigenvalue weighted by molar-refractivity contribution is 6.32. The summed E-state index contributed by atoms with van der Waals surface area (Å²) in [6.07, 6.45) is 5.14. The van der Waals surface area contributed by atoms with Gasteiger partial charge in [0.05, 0.1) is 23.0 Å². The largest absolute Gasteiger partial charge is 0.492 e. The Morgan fingerprint density at radius 2 is 2.07 bits per heavy atom. The molecule has 1 saturated carbocycles. The topological polar surface area (TPSA) is 65.4 Å². The van der Waals surface area contributed by atoms with Gasteiger partial charge >= 0.3 is 0 Å². The lowest BCUT2D eigenvalue weighted by molar-refractivity contribution is 0.229. The standard InChI is InChI=1S/C22H27ClN4O/c1-14(12-22(2,3)24)13-28-20-7-6-16(10-17(20)23)19-8-9-25-21-11-18(15-4-5-15)26-27(19)21/h6-11,14-15H,4-5,12-13,24H2,1-3H3/t14-/m0/s1. The van der Waals surface area contributed by atoms with E-state index in [1.807, 2.05) is 48.8 Å². The molecule has 1 fully saturated rings. The summed E-state index contributed by atoms with van der Waals surface area (Å²) in [6, 6.07) is 9.93. The van der Waals surface area contributed by atoms with Crippen molar-refractivity contribution in [2.75, 3.05) is 6.61 Å². The second-order valence-electron chi connectivity index (χ2n) is 8.70. The number of ether oxygens (including phenoxy) is 1. The summed E-state index contributed by atoms with van der Waals surface area (Å²) in [5, 5.41) is 5.36. The highest BCUT2D eigenvalue weighted by atomic mass is 35.5. The van der Waals surface area contributed by atoms with Gasteiger partial charge in [0.25, 0.3) is 0 Å². The van der Waals surface area contributed by atoms with Crippen LogP contribution in [0.2, 0.25) is 5.02 Å². The fourth-order valence-corrected chi connectivity index (χ4v) is 3.91. The molecule has 6 heteroatoms. The van der Waals surface area contributed by atoms with Crippen LogP contribution < -0.4 is 10.5 Å². The molecule has 0 saturated heterocycles. The molecule has 148 valence electrons. The Labute approximate surface area is 170 Å². The SMILES string of the molecule is C[C@H](COc1ccc(-c2ccnc3cc(C4CC4)nn23)cc1Cl)CC(C)(C)N. The Morgan fingerprint density at radius 3 is 2.75 bits per heavy atom. The Bertz CT molecular complexity index is 988. The molecule has 2 aromatic heterocycles. The molecule has 2 N–H and O–H groups in total. The van der Waals surface area contributed by atoms with Crippen molar-refractivity contribution in [2.45, 2.75) is 51.5 Å². The van der Waals surface area contributed by atoms with Gasteiger partial charge in [-0.3, -0.25) is 0 Å². The summed E-state index contributed by atoms with van der Waals surface area (Å²) in [7, 11) is 0. The van der Waals surface area contributed by atoms with Gasteiger partial charge in [0.2, 0.25) is 0 Å². The second-order valence-corrected chi connectivity index (χ2v) is 9.10. The molecule has 4 rings (SSSR count). The van der Waals surface area contributed by atoms with Crippen molar-refractivity contribution in [2.24, 2.45) is 11.7 Å². The molecule has 0 bridgehead atoms. The lowest BCUT2D eigenvalue weighted by Crippen LogP contribution is -2.35. The van der Waals surface area contributed by atoms with Crippen LogP contribution in [0.15, 0.2) is 36.5 Å². The van der Waals surface area contributed by atoms with Gasteiger partial charge in [-0.1, -0.05) is 18.5 Å². The number of rotatable bonds is 7. The molecule has 0 unspecified atom stereocenters. The molecule has 28 heavy (non-hydrogen) atoms. The zero-order chi connectivity index (χ0) is 19.9. The summed E-state index contributed by atoms with van der Waals surface area (Å²) < 4.78 is 7.85. The maximum absolute atomic E-state index is 6.52. The fraction of sp³-hybridized carbons (Fsp3) is 0.455.